The fraction of sp³-hybridized carbons (Fsp3) is 0.533. The Hall–Kier alpha value is -1.35. The molecule has 0 bridgehead atoms. The Balaban J connectivity index is 1.86. The van der Waals surface area contributed by atoms with Crippen molar-refractivity contribution in [1.82, 2.24) is 9.78 Å². The van der Waals surface area contributed by atoms with Crippen LogP contribution in [0.1, 0.15) is 31.4 Å². The van der Waals surface area contributed by atoms with Gasteiger partial charge in [-0.2, -0.15) is 5.10 Å². The first-order valence-corrected chi connectivity index (χ1v) is 6.90. The number of aromatic nitrogens is 2. The molecule has 1 aliphatic rings. The highest BCUT2D eigenvalue weighted by atomic mass is 15.3. The average Bonchev–Trinajstić information content (AvgIpc) is 2.67. The van der Waals surface area contributed by atoms with Gasteiger partial charge < -0.3 is 5.73 Å². The molecule has 0 aliphatic heterocycles. The zero-order valence-electron chi connectivity index (χ0n) is 11.0. The molecule has 0 radical (unpaired) electrons. The quantitative estimate of drug-likeness (QED) is 0.881. The number of hydrogen-bond donors (Lipinski definition) is 1. The Morgan fingerprint density at radius 1 is 1.33 bits per heavy atom. The first-order chi connectivity index (χ1) is 8.74. The summed E-state index contributed by atoms with van der Waals surface area (Å²) >= 11 is 0. The third kappa shape index (κ3) is 2.15. The minimum atomic E-state index is 0.402. The van der Waals surface area contributed by atoms with Gasteiger partial charge in [0.25, 0.3) is 0 Å². The number of nitrogens with two attached hydrogens (primary N) is 1. The molecule has 1 aromatic carbocycles. The fourth-order valence-electron chi connectivity index (χ4n) is 3.23. The lowest BCUT2D eigenvalue weighted by atomic mass is 9.83. The van der Waals surface area contributed by atoms with Gasteiger partial charge in [-0.1, -0.05) is 24.6 Å². The SMILES string of the molecule is Cn1nc(CC2CCCC(N)C2)c2ccccc21. The topological polar surface area (TPSA) is 43.8 Å². The molecule has 0 saturated heterocycles. The lowest BCUT2D eigenvalue weighted by Crippen LogP contribution is -2.28. The van der Waals surface area contributed by atoms with Crippen molar-refractivity contribution in [3.05, 3.63) is 30.0 Å². The Labute approximate surface area is 108 Å². The smallest absolute Gasteiger partial charge is 0.0706 e. The van der Waals surface area contributed by atoms with E-state index < -0.39 is 0 Å². The molecule has 96 valence electrons. The number of para-hydroxylation sites is 1. The third-order valence-corrected chi connectivity index (χ3v) is 4.14. The summed E-state index contributed by atoms with van der Waals surface area (Å²) < 4.78 is 1.99. The van der Waals surface area contributed by atoms with E-state index in [1.54, 1.807) is 0 Å². The van der Waals surface area contributed by atoms with Gasteiger partial charge in [-0.05, 0) is 37.7 Å². The third-order valence-electron chi connectivity index (χ3n) is 4.14. The number of benzene rings is 1. The van der Waals surface area contributed by atoms with E-state index >= 15 is 0 Å². The molecule has 1 saturated carbocycles. The highest BCUT2D eigenvalue weighted by Gasteiger charge is 2.21. The van der Waals surface area contributed by atoms with Crippen LogP contribution >= 0.6 is 0 Å². The van der Waals surface area contributed by atoms with Crippen molar-refractivity contribution in [2.75, 3.05) is 0 Å². The maximum Gasteiger partial charge on any atom is 0.0706 e. The number of hydrogen-bond acceptors (Lipinski definition) is 2. The van der Waals surface area contributed by atoms with Crippen molar-refractivity contribution in [1.29, 1.82) is 0 Å². The van der Waals surface area contributed by atoms with E-state index in [1.165, 1.54) is 35.9 Å². The van der Waals surface area contributed by atoms with Gasteiger partial charge in [-0.15, -0.1) is 0 Å². The Morgan fingerprint density at radius 3 is 3.00 bits per heavy atom. The molecule has 1 fully saturated rings. The van der Waals surface area contributed by atoms with Gasteiger partial charge in [0.15, 0.2) is 0 Å². The Morgan fingerprint density at radius 2 is 2.17 bits per heavy atom. The van der Waals surface area contributed by atoms with Gasteiger partial charge >= 0.3 is 0 Å². The largest absolute Gasteiger partial charge is 0.328 e. The fourth-order valence-corrected chi connectivity index (χ4v) is 3.23. The second-order valence-electron chi connectivity index (χ2n) is 5.58. The van der Waals surface area contributed by atoms with Gasteiger partial charge in [0.2, 0.25) is 0 Å². The summed E-state index contributed by atoms with van der Waals surface area (Å²) in [6.45, 7) is 0. The van der Waals surface area contributed by atoms with E-state index in [0.29, 0.717) is 12.0 Å². The van der Waals surface area contributed by atoms with E-state index in [4.69, 9.17) is 5.73 Å². The number of aryl methyl sites for hydroxylation is 1. The van der Waals surface area contributed by atoms with Gasteiger partial charge in [0, 0.05) is 18.5 Å². The van der Waals surface area contributed by atoms with Crippen LogP contribution in [0, 0.1) is 5.92 Å². The van der Waals surface area contributed by atoms with Crippen LogP contribution in [-0.4, -0.2) is 15.8 Å². The highest BCUT2D eigenvalue weighted by Crippen LogP contribution is 2.28. The minimum Gasteiger partial charge on any atom is -0.328 e. The van der Waals surface area contributed by atoms with Gasteiger partial charge in [0.1, 0.15) is 0 Å². The molecule has 0 amide bonds. The van der Waals surface area contributed by atoms with E-state index in [9.17, 15) is 0 Å². The maximum atomic E-state index is 6.07. The lowest BCUT2D eigenvalue weighted by Gasteiger charge is -2.25. The lowest BCUT2D eigenvalue weighted by molar-refractivity contribution is 0.319. The van der Waals surface area contributed by atoms with Crippen LogP contribution in [0.2, 0.25) is 0 Å². The summed E-state index contributed by atoms with van der Waals surface area (Å²) in [5, 5.41) is 5.99. The van der Waals surface area contributed by atoms with Crippen LogP contribution in [-0.2, 0) is 13.5 Å². The van der Waals surface area contributed by atoms with Crippen LogP contribution in [0.3, 0.4) is 0 Å². The summed E-state index contributed by atoms with van der Waals surface area (Å²) in [5.41, 5.74) is 8.54. The van der Waals surface area contributed by atoms with Crippen molar-refractivity contribution in [3.8, 4) is 0 Å². The van der Waals surface area contributed by atoms with Crippen LogP contribution in [0.5, 0.6) is 0 Å². The Bertz CT molecular complexity index is 544. The average molecular weight is 243 g/mol. The van der Waals surface area contributed by atoms with Gasteiger partial charge in [0.05, 0.1) is 11.2 Å². The molecule has 2 atom stereocenters. The molecular weight excluding hydrogens is 222 g/mol. The molecule has 1 heterocycles. The number of nitrogens with zero attached hydrogens (tertiary/aromatic N) is 2. The molecule has 0 spiro atoms. The molecule has 1 aliphatic carbocycles. The maximum absolute atomic E-state index is 6.07. The summed E-state index contributed by atoms with van der Waals surface area (Å²) in [7, 11) is 2.03. The predicted molar refractivity (Wildman–Crippen MR) is 74.4 cm³/mol. The zero-order valence-corrected chi connectivity index (χ0v) is 11.0. The molecular formula is C15H21N3. The second-order valence-corrected chi connectivity index (χ2v) is 5.58. The zero-order chi connectivity index (χ0) is 12.5. The van der Waals surface area contributed by atoms with Crippen LogP contribution < -0.4 is 5.73 Å². The summed E-state index contributed by atoms with van der Waals surface area (Å²) in [6, 6.07) is 8.89. The standard InChI is InChI=1S/C15H21N3/c1-18-15-8-3-2-7-13(15)14(17-18)10-11-5-4-6-12(16)9-11/h2-3,7-8,11-12H,4-6,9-10,16H2,1H3. The highest BCUT2D eigenvalue weighted by molar-refractivity contribution is 5.81. The molecule has 2 N–H and O–H groups in total. The van der Waals surface area contributed by atoms with Crippen LogP contribution in [0.25, 0.3) is 10.9 Å². The Kier molecular flexibility index (Phi) is 3.08. The number of fused-ring (bicyclic) bond motifs is 1. The van der Waals surface area contributed by atoms with E-state index in [-0.39, 0.29) is 0 Å². The van der Waals surface area contributed by atoms with Crippen molar-refractivity contribution >= 4 is 10.9 Å². The molecule has 3 rings (SSSR count). The first kappa shape index (κ1) is 11.7. The molecule has 2 aromatic rings. The van der Waals surface area contributed by atoms with E-state index in [2.05, 4.69) is 29.4 Å². The minimum absolute atomic E-state index is 0.402. The second kappa shape index (κ2) is 4.73. The molecule has 18 heavy (non-hydrogen) atoms. The van der Waals surface area contributed by atoms with Crippen molar-refractivity contribution in [2.45, 2.75) is 38.1 Å². The molecule has 1 aromatic heterocycles. The monoisotopic (exact) mass is 243 g/mol. The molecule has 2 unspecified atom stereocenters. The van der Waals surface area contributed by atoms with Crippen molar-refractivity contribution < 1.29 is 0 Å². The first-order valence-electron chi connectivity index (χ1n) is 6.90. The summed E-state index contributed by atoms with van der Waals surface area (Å²) in [5.74, 6) is 0.715. The van der Waals surface area contributed by atoms with Gasteiger partial charge in [-0.25, -0.2) is 0 Å². The van der Waals surface area contributed by atoms with Gasteiger partial charge in [-0.3, -0.25) is 4.68 Å². The van der Waals surface area contributed by atoms with Crippen molar-refractivity contribution in [3.63, 3.8) is 0 Å². The molecule has 3 heteroatoms. The van der Waals surface area contributed by atoms with E-state index in [1.807, 2.05) is 11.7 Å². The summed E-state index contributed by atoms with van der Waals surface area (Å²) in [4.78, 5) is 0. The normalized spacial score (nSPS) is 24.6. The van der Waals surface area contributed by atoms with Crippen LogP contribution in [0.4, 0.5) is 0 Å². The van der Waals surface area contributed by atoms with E-state index in [0.717, 1.165) is 12.8 Å². The predicted octanol–water partition coefficient (Wildman–Crippen LogP) is 2.63. The summed E-state index contributed by atoms with van der Waals surface area (Å²) in [6.07, 6.45) is 6.01. The number of rotatable bonds is 2. The molecule has 3 nitrogen and oxygen atoms in total. The van der Waals surface area contributed by atoms with Crippen LogP contribution in [0.15, 0.2) is 24.3 Å². The van der Waals surface area contributed by atoms with Crippen molar-refractivity contribution in [2.24, 2.45) is 18.7 Å².